The van der Waals surface area contributed by atoms with E-state index in [4.69, 9.17) is 18.9 Å². The molecule has 0 fully saturated rings. The number of nitrogens with zero attached hydrogens (tertiary/aromatic N) is 1. The molecule has 30 heavy (non-hydrogen) atoms. The van der Waals surface area contributed by atoms with E-state index in [1.165, 1.54) is 32.1 Å². The van der Waals surface area contributed by atoms with E-state index in [1.54, 1.807) is 49.4 Å². The second-order valence-electron chi connectivity index (χ2n) is 6.29. The highest BCUT2D eigenvalue weighted by molar-refractivity contribution is 6.01. The van der Waals surface area contributed by atoms with Crippen LogP contribution in [0.25, 0.3) is 11.3 Å². The molecule has 1 aromatic heterocycles. The minimum atomic E-state index is -0.509. The molecule has 7 nitrogen and oxygen atoms in total. The molecule has 156 valence electrons. The molecule has 0 saturated carbocycles. The first-order valence-electron chi connectivity index (χ1n) is 9.33. The Morgan fingerprint density at radius 3 is 2.03 bits per heavy atom. The predicted octanol–water partition coefficient (Wildman–Crippen LogP) is 4.05. The SMILES string of the molecule is CCOC(=O)c1cc(-c2cc(OC)c(OC)c(OC)c2)n(C(=O)c2ccccc2)c1. The maximum absolute atomic E-state index is 13.2. The third-order valence-corrected chi connectivity index (χ3v) is 4.53. The molecule has 0 aliphatic heterocycles. The van der Waals surface area contributed by atoms with E-state index < -0.39 is 5.97 Å². The van der Waals surface area contributed by atoms with Gasteiger partial charge in [0.25, 0.3) is 5.91 Å². The van der Waals surface area contributed by atoms with E-state index in [0.29, 0.717) is 34.1 Å². The van der Waals surface area contributed by atoms with Gasteiger partial charge in [0.05, 0.1) is 39.2 Å². The first-order valence-corrected chi connectivity index (χ1v) is 9.33. The number of benzene rings is 2. The number of esters is 1. The molecule has 0 aliphatic carbocycles. The van der Waals surface area contributed by atoms with Crippen LogP contribution in [0.1, 0.15) is 27.6 Å². The van der Waals surface area contributed by atoms with Crippen molar-refractivity contribution in [1.29, 1.82) is 0 Å². The van der Waals surface area contributed by atoms with Crippen LogP contribution in [0, 0.1) is 0 Å². The molecule has 2 aromatic carbocycles. The summed E-state index contributed by atoms with van der Waals surface area (Å²) in [6, 6.07) is 13.9. The van der Waals surface area contributed by atoms with Crippen molar-refractivity contribution in [3.8, 4) is 28.5 Å². The zero-order chi connectivity index (χ0) is 21.7. The number of rotatable bonds is 7. The first kappa shape index (κ1) is 21.0. The minimum Gasteiger partial charge on any atom is -0.493 e. The molecule has 1 heterocycles. The molecule has 0 aliphatic rings. The van der Waals surface area contributed by atoms with Crippen molar-refractivity contribution in [3.63, 3.8) is 0 Å². The quantitative estimate of drug-likeness (QED) is 0.548. The molecule has 0 spiro atoms. The first-order chi connectivity index (χ1) is 14.5. The van der Waals surface area contributed by atoms with Crippen molar-refractivity contribution in [3.05, 3.63) is 65.9 Å². The summed E-state index contributed by atoms with van der Waals surface area (Å²) in [5.74, 6) is 0.511. The van der Waals surface area contributed by atoms with Gasteiger partial charge in [-0.15, -0.1) is 0 Å². The van der Waals surface area contributed by atoms with E-state index in [1.807, 2.05) is 6.07 Å². The summed E-state index contributed by atoms with van der Waals surface area (Å²) in [4.78, 5) is 25.5. The third-order valence-electron chi connectivity index (χ3n) is 4.53. The number of methoxy groups -OCH3 is 3. The number of ether oxygens (including phenoxy) is 4. The number of carbonyl (C=O) groups is 2. The summed E-state index contributed by atoms with van der Waals surface area (Å²) < 4.78 is 22.8. The lowest BCUT2D eigenvalue weighted by atomic mass is 10.1. The summed E-state index contributed by atoms with van der Waals surface area (Å²) in [7, 11) is 4.54. The van der Waals surface area contributed by atoms with E-state index >= 15 is 0 Å². The van der Waals surface area contributed by atoms with Gasteiger partial charge in [0.15, 0.2) is 11.5 Å². The van der Waals surface area contributed by atoms with Gasteiger partial charge in [-0.2, -0.15) is 0 Å². The molecule has 7 heteroatoms. The summed E-state index contributed by atoms with van der Waals surface area (Å²) in [6.07, 6.45) is 1.48. The van der Waals surface area contributed by atoms with Gasteiger partial charge in [-0.05, 0) is 37.3 Å². The third kappa shape index (κ3) is 4.00. The molecular weight excluding hydrogens is 386 g/mol. The van der Waals surface area contributed by atoms with Crippen molar-refractivity contribution in [2.75, 3.05) is 27.9 Å². The fourth-order valence-electron chi connectivity index (χ4n) is 3.13. The monoisotopic (exact) mass is 409 g/mol. The van der Waals surface area contributed by atoms with Crippen LogP contribution in [-0.4, -0.2) is 44.4 Å². The molecule has 0 bridgehead atoms. The van der Waals surface area contributed by atoms with Crippen molar-refractivity contribution in [1.82, 2.24) is 4.57 Å². The average Bonchev–Trinajstić information content (AvgIpc) is 3.24. The maximum atomic E-state index is 13.2. The van der Waals surface area contributed by atoms with E-state index in [0.717, 1.165) is 0 Å². The van der Waals surface area contributed by atoms with Crippen LogP contribution >= 0.6 is 0 Å². The van der Waals surface area contributed by atoms with E-state index in [-0.39, 0.29) is 18.1 Å². The second kappa shape index (κ2) is 9.17. The summed E-state index contributed by atoms with van der Waals surface area (Å²) >= 11 is 0. The summed E-state index contributed by atoms with van der Waals surface area (Å²) in [6.45, 7) is 1.96. The molecule has 0 saturated heterocycles. The predicted molar refractivity (Wildman–Crippen MR) is 112 cm³/mol. The van der Waals surface area contributed by atoms with Gasteiger partial charge in [-0.1, -0.05) is 18.2 Å². The molecule has 0 atom stereocenters. The van der Waals surface area contributed by atoms with Crippen LogP contribution < -0.4 is 14.2 Å². The standard InChI is InChI=1S/C23H23NO6/c1-5-30-23(26)17-11-18(24(14-17)22(25)15-9-7-6-8-10-15)16-12-19(27-2)21(29-4)20(13-16)28-3/h6-14H,5H2,1-4H3. The molecular formula is C23H23NO6. The van der Waals surface area contributed by atoms with Crippen molar-refractivity contribution in [2.45, 2.75) is 6.92 Å². The zero-order valence-corrected chi connectivity index (χ0v) is 17.3. The van der Waals surface area contributed by atoms with Crippen LogP contribution in [0.15, 0.2) is 54.7 Å². The van der Waals surface area contributed by atoms with Gasteiger partial charge in [0.2, 0.25) is 5.75 Å². The van der Waals surface area contributed by atoms with Gasteiger partial charge >= 0.3 is 5.97 Å². The summed E-state index contributed by atoms with van der Waals surface area (Å²) in [5, 5.41) is 0. The highest BCUT2D eigenvalue weighted by atomic mass is 16.5. The molecule has 0 N–H and O–H groups in total. The lowest BCUT2D eigenvalue weighted by molar-refractivity contribution is 0.0526. The van der Waals surface area contributed by atoms with Crippen LogP contribution in [0.2, 0.25) is 0 Å². The highest BCUT2D eigenvalue weighted by Crippen LogP contribution is 2.41. The fraction of sp³-hybridized carbons (Fsp3) is 0.217. The average molecular weight is 409 g/mol. The van der Waals surface area contributed by atoms with E-state index in [2.05, 4.69) is 0 Å². The Labute approximate surface area is 174 Å². The summed E-state index contributed by atoms with van der Waals surface area (Å²) in [5.41, 5.74) is 1.86. The van der Waals surface area contributed by atoms with Gasteiger partial charge in [-0.3, -0.25) is 9.36 Å². The Bertz CT molecular complexity index is 1030. The Hall–Kier alpha value is -3.74. The number of hydrogen-bond donors (Lipinski definition) is 0. The van der Waals surface area contributed by atoms with Gasteiger partial charge in [0, 0.05) is 17.3 Å². The molecule has 0 unspecified atom stereocenters. The Morgan fingerprint density at radius 1 is 0.867 bits per heavy atom. The minimum absolute atomic E-state index is 0.232. The highest BCUT2D eigenvalue weighted by Gasteiger charge is 2.22. The normalized spacial score (nSPS) is 10.4. The number of hydrogen-bond acceptors (Lipinski definition) is 6. The Kier molecular flexibility index (Phi) is 6.41. The maximum Gasteiger partial charge on any atom is 0.339 e. The molecule has 0 amide bonds. The van der Waals surface area contributed by atoms with Crippen molar-refractivity contribution >= 4 is 11.9 Å². The van der Waals surface area contributed by atoms with Crippen LogP contribution in [-0.2, 0) is 4.74 Å². The van der Waals surface area contributed by atoms with Crippen LogP contribution in [0.5, 0.6) is 17.2 Å². The molecule has 3 rings (SSSR count). The molecule has 0 radical (unpaired) electrons. The van der Waals surface area contributed by atoms with Crippen molar-refractivity contribution in [2.24, 2.45) is 0 Å². The van der Waals surface area contributed by atoms with Crippen molar-refractivity contribution < 1.29 is 28.5 Å². The van der Waals surface area contributed by atoms with Crippen LogP contribution in [0.4, 0.5) is 0 Å². The van der Waals surface area contributed by atoms with Gasteiger partial charge in [-0.25, -0.2) is 4.79 Å². The van der Waals surface area contributed by atoms with Crippen LogP contribution in [0.3, 0.4) is 0 Å². The Morgan fingerprint density at radius 2 is 1.50 bits per heavy atom. The van der Waals surface area contributed by atoms with Gasteiger partial charge < -0.3 is 18.9 Å². The lowest BCUT2D eigenvalue weighted by Crippen LogP contribution is -2.12. The fourth-order valence-corrected chi connectivity index (χ4v) is 3.13. The Balaban J connectivity index is 2.20. The topological polar surface area (TPSA) is 76.0 Å². The lowest BCUT2D eigenvalue weighted by Gasteiger charge is -2.15. The largest absolute Gasteiger partial charge is 0.493 e. The zero-order valence-electron chi connectivity index (χ0n) is 17.3. The van der Waals surface area contributed by atoms with E-state index in [9.17, 15) is 9.59 Å². The number of carbonyl (C=O) groups excluding carboxylic acids is 2. The number of aromatic nitrogens is 1. The smallest absolute Gasteiger partial charge is 0.339 e. The second-order valence-corrected chi connectivity index (χ2v) is 6.29. The van der Waals surface area contributed by atoms with Gasteiger partial charge in [0.1, 0.15) is 0 Å². The molecule has 3 aromatic rings.